The number of rotatable bonds is 5. The van der Waals surface area contributed by atoms with Crippen LogP contribution in [0.4, 0.5) is 0 Å². The molecule has 1 saturated carbocycles. The van der Waals surface area contributed by atoms with Crippen LogP contribution in [0.3, 0.4) is 0 Å². The smallest absolute Gasteiger partial charge is 0.230 e. The normalized spacial score (nSPS) is 20.2. The molecule has 1 fully saturated rings. The summed E-state index contributed by atoms with van der Waals surface area (Å²) >= 11 is 13.6. The zero-order chi connectivity index (χ0) is 18.7. The van der Waals surface area contributed by atoms with Crippen LogP contribution in [0.25, 0.3) is 11.4 Å². The summed E-state index contributed by atoms with van der Waals surface area (Å²) in [4.78, 5) is 12.3. The number of benzene rings is 1. The number of thioether (sulfide) groups is 1. The summed E-state index contributed by atoms with van der Waals surface area (Å²) in [5.41, 5.74) is 0.762. The van der Waals surface area contributed by atoms with Crippen LogP contribution in [-0.4, -0.2) is 32.5 Å². The number of hydrogen-bond acceptors (Lipinski definition) is 4. The van der Waals surface area contributed by atoms with Gasteiger partial charge in [-0.1, -0.05) is 54.7 Å². The zero-order valence-corrected chi connectivity index (χ0v) is 17.2. The first-order chi connectivity index (χ1) is 12.5. The number of nitrogens with one attached hydrogen (secondary N) is 1. The third-order valence-electron chi connectivity index (χ3n) is 4.80. The fraction of sp³-hybridized carbons (Fsp3) is 0.500. The molecule has 3 rings (SSSR count). The highest BCUT2D eigenvalue weighted by Crippen LogP contribution is 2.30. The van der Waals surface area contributed by atoms with Gasteiger partial charge in [-0.15, -0.1) is 10.2 Å². The minimum atomic E-state index is 0.0443. The molecule has 1 heterocycles. The lowest BCUT2D eigenvalue weighted by Crippen LogP contribution is -2.41. The molecule has 0 spiro atoms. The molecule has 1 amide bonds. The van der Waals surface area contributed by atoms with Gasteiger partial charge >= 0.3 is 0 Å². The molecule has 0 saturated heterocycles. The van der Waals surface area contributed by atoms with Gasteiger partial charge < -0.3 is 9.88 Å². The standard InChI is InChI=1S/C18H22Cl2N4OS/c1-11-5-3-4-6-15(11)21-16(25)10-26-18-23-22-17(24(18)2)13-8-7-12(19)9-14(13)20/h7-9,11,15H,3-6,10H2,1-2H3,(H,21,25)/t11-,15+/m0/s1. The minimum absolute atomic E-state index is 0.0443. The SMILES string of the molecule is C[C@H]1CCCC[C@H]1NC(=O)CSc1nnc(-c2ccc(Cl)cc2Cl)n1C. The van der Waals surface area contributed by atoms with Crippen molar-refractivity contribution in [3.63, 3.8) is 0 Å². The third-order valence-corrected chi connectivity index (χ3v) is 6.37. The van der Waals surface area contributed by atoms with Gasteiger partial charge in [0, 0.05) is 23.7 Å². The zero-order valence-electron chi connectivity index (χ0n) is 14.8. The summed E-state index contributed by atoms with van der Waals surface area (Å²) in [6.07, 6.45) is 4.71. The maximum Gasteiger partial charge on any atom is 0.230 e. The number of aromatic nitrogens is 3. The van der Waals surface area contributed by atoms with E-state index in [-0.39, 0.29) is 5.91 Å². The van der Waals surface area contributed by atoms with E-state index < -0.39 is 0 Å². The van der Waals surface area contributed by atoms with E-state index in [0.717, 1.165) is 12.0 Å². The molecule has 26 heavy (non-hydrogen) atoms. The molecule has 1 N–H and O–H groups in total. The molecule has 8 heteroatoms. The first-order valence-corrected chi connectivity index (χ1v) is 10.5. The Bertz CT molecular complexity index is 795. The maximum atomic E-state index is 12.3. The van der Waals surface area contributed by atoms with Crippen molar-refractivity contribution >= 4 is 40.9 Å². The van der Waals surface area contributed by atoms with Crippen LogP contribution in [0.5, 0.6) is 0 Å². The molecule has 2 atom stereocenters. The Hall–Kier alpha value is -1.24. The summed E-state index contributed by atoms with van der Waals surface area (Å²) in [6, 6.07) is 5.56. The fourth-order valence-corrected chi connectivity index (χ4v) is 4.47. The van der Waals surface area contributed by atoms with E-state index in [0.29, 0.717) is 38.7 Å². The number of halogens is 2. The number of carbonyl (C=O) groups excluding carboxylic acids is 1. The van der Waals surface area contributed by atoms with Gasteiger partial charge in [-0.05, 0) is 37.0 Å². The second-order valence-electron chi connectivity index (χ2n) is 6.71. The Morgan fingerprint density at radius 1 is 1.31 bits per heavy atom. The van der Waals surface area contributed by atoms with Gasteiger partial charge in [-0.25, -0.2) is 0 Å². The van der Waals surface area contributed by atoms with Crippen molar-refractivity contribution in [2.24, 2.45) is 13.0 Å². The first kappa shape index (κ1) is 19.5. The van der Waals surface area contributed by atoms with Crippen LogP contribution in [0, 0.1) is 5.92 Å². The molecule has 1 aromatic carbocycles. The van der Waals surface area contributed by atoms with Gasteiger partial charge in [0.05, 0.1) is 10.8 Å². The number of amides is 1. The number of nitrogens with zero attached hydrogens (tertiary/aromatic N) is 3. The van der Waals surface area contributed by atoms with Gasteiger partial charge in [0.25, 0.3) is 0 Å². The molecule has 0 bridgehead atoms. The van der Waals surface area contributed by atoms with Crippen molar-refractivity contribution in [3.05, 3.63) is 28.2 Å². The van der Waals surface area contributed by atoms with Crippen LogP contribution < -0.4 is 5.32 Å². The summed E-state index contributed by atoms with van der Waals surface area (Å²) in [7, 11) is 1.86. The van der Waals surface area contributed by atoms with Gasteiger partial charge in [-0.2, -0.15) is 0 Å². The highest BCUT2D eigenvalue weighted by Gasteiger charge is 2.23. The minimum Gasteiger partial charge on any atom is -0.352 e. The summed E-state index contributed by atoms with van der Waals surface area (Å²) in [5.74, 6) is 1.56. The van der Waals surface area contributed by atoms with Gasteiger partial charge in [0.15, 0.2) is 11.0 Å². The topological polar surface area (TPSA) is 59.8 Å². The Kier molecular flexibility index (Phi) is 6.48. The highest BCUT2D eigenvalue weighted by atomic mass is 35.5. The van der Waals surface area contributed by atoms with Crippen LogP contribution in [0.15, 0.2) is 23.4 Å². The molecule has 2 aromatic rings. The number of hydrogen-bond donors (Lipinski definition) is 1. The molecule has 0 radical (unpaired) electrons. The third kappa shape index (κ3) is 4.53. The van der Waals surface area contributed by atoms with E-state index in [1.54, 1.807) is 12.1 Å². The van der Waals surface area contributed by atoms with Crippen molar-refractivity contribution in [2.75, 3.05) is 5.75 Å². The van der Waals surface area contributed by atoms with Crippen molar-refractivity contribution in [1.82, 2.24) is 20.1 Å². The summed E-state index contributed by atoms with van der Waals surface area (Å²) < 4.78 is 1.84. The molecule has 1 aromatic heterocycles. The Labute approximate surface area is 167 Å². The Balaban J connectivity index is 1.62. The van der Waals surface area contributed by atoms with E-state index in [2.05, 4.69) is 22.4 Å². The molecule has 1 aliphatic rings. The van der Waals surface area contributed by atoms with E-state index >= 15 is 0 Å². The monoisotopic (exact) mass is 412 g/mol. The molecule has 0 aliphatic heterocycles. The molecular weight excluding hydrogens is 391 g/mol. The number of carbonyl (C=O) groups is 1. The van der Waals surface area contributed by atoms with Crippen LogP contribution in [-0.2, 0) is 11.8 Å². The molecule has 140 valence electrons. The molecule has 5 nitrogen and oxygen atoms in total. The predicted octanol–water partition coefficient (Wildman–Crippen LogP) is 4.58. The van der Waals surface area contributed by atoms with E-state index in [4.69, 9.17) is 23.2 Å². The molecular formula is C18H22Cl2N4OS. The predicted molar refractivity (Wildman–Crippen MR) is 107 cm³/mol. The van der Waals surface area contributed by atoms with Crippen molar-refractivity contribution in [2.45, 2.75) is 43.8 Å². The van der Waals surface area contributed by atoms with Gasteiger partial charge in [0.2, 0.25) is 5.91 Å². The lowest BCUT2D eigenvalue weighted by molar-refractivity contribution is -0.119. The van der Waals surface area contributed by atoms with Crippen molar-refractivity contribution < 1.29 is 4.79 Å². The van der Waals surface area contributed by atoms with E-state index in [9.17, 15) is 4.79 Å². The van der Waals surface area contributed by atoms with Crippen LogP contribution >= 0.6 is 35.0 Å². The second-order valence-corrected chi connectivity index (χ2v) is 8.50. The van der Waals surface area contributed by atoms with Crippen LogP contribution in [0.2, 0.25) is 10.0 Å². The fourth-order valence-electron chi connectivity index (χ4n) is 3.26. The van der Waals surface area contributed by atoms with E-state index in [1.807, 2.05) is 17.7 Å². The maximum absolute atomic E-state index is 12.3. The first-order valence-electron chi connectivity index (χ1n) is 8.72. The molecule has 0 unspecified atom stereocenters. The highest BCUT2D eigenvalue weighted by molar-refractivity contribution is 7.99. The van der Waals surface area contributed by atoms with Crippen molar-refractivity contribution in [3.8, 4) is 11.4 Å². The largest absolute Gasteiger partial charge is 0.352 e. The van der Waals surface area contributed by atoms with E-state index in [1.165, 1.54) is 31.0 Å². The average Bonchev–Trinajstić information content (AvgIpc) is 2.96. The Morgan fingerprint density at radius 2 is 2.08 bits per heavy atom. The van der Waals surface area contributed by atoms with Gasteiger partial charge in [-0.3, -0.25) is 4.79 Å². The van der Waals surface area contributed by atoms with Crippen molar-refractivity contribution in [1.29, 1.82) is 0 Å². The second kappa shape index (κ2) is 8.63. The summed E-state index contributed by atoms with van der Waals surface area (Å²) in [5, 5.41) is 13.3. The average molecular weight is 413 g/mol. The lowest BCUT2D eigenvalue weighted by Gasteiger charge is -2.29. The van der Waals surface area contributed by atoms with Crippen LogP contribution in [0.1, 0.15) is 32.6 Å². The van der Waals surface area contributed by atoms with Gasteiger partial charge in [0.1, 0.15) is 0 Å². The molecule has 1 aliphatic carbocycles. The summed E-state index contributed by atoms with van der Waals surface area (Å²) in [6.45, 7) is 2.21. The lowest BCUT2D eigenvalue weighted by atomic mass is 9.86. The Morgan fingerprint density at radius 3 is 2.81 bits per heavy atom. The quantitative estimate of drug-likeness (QED) is 0.730.